The van der Waals surface area contributed by atoms with E-state index in [1.807, 2.05) is 26.8 Å². The first kappa shape index (κ1) is 16.1. The number of carbonyl (C=O) groups is 1. The zero-order valence-electron chi connectivity index (χ0n) is 12.6. The predicted molar refractivity (Wildman–Crippen MR) is 85.8 cm³/mol. The van der Waals surface area contributed by atoms with Gasteiger partial charge in [0.1, 0.15) is 16.3 Å². The molecule has 22 heavy (non-hydrogen) atoms. The van der Waals surface area contributed by atoms with E-state index in [1.54, 1.807) is 24.3 Å². The highest BCUT2D eigenvalue weighted by Crippen LogP contribution is 2.37. The molecular weight excluding hydrogens is 296 g/mol. The van der Waals surface area contributed by atoms with Crippen LogP contribution in [0.1, 0.15) is 33.2 Å². The molecule has 0 radical (unpaired) electrons. The van der Waals surface area contributed by atoms with Crippen molar-refractivity contribution in [3.63, 3.8) is 0 Å². The maximum Gasteiger partial charge on any atom is 0.321 e. The molecule has 2 aromatic rings. The van der Waals surface area contributed by atoms with E-state index in [0.717, 1.165) is 28.6 Å². The van der Waals surface area contributed by atoms with E-state index >= 15 is 0 Å². The second-order valence-electron chi connectivity index (χ2n) is 4.99. The van der Waals surface area contributed by atoms with Crippen molar-refractivity contribution in [2.24, 2.45) is 0 Å². The van der Waals surface area contributed by atoms with Crippen molar-refractivity contribution in [1.82, 2.24) is 4.98 Å². The maximum absolute atomic E-state index is 11.6. The van der Waals surface area contributed by atoms with Gasteiger partial charge in [-0.15, -0.1) is 0 Å². The number of nitrogens with zero attached hydrogens (tertiary/aromatic N) is 2. The molecule has 0 amide bonds. The lowest BCUT2D eigenvalue weighted by Gasteiger charge is -2.15. The number of carboxylic acid groups (broad SMARTS) is 1. The number of rotatable bonds is 4. The Labute approximate surface area is 133 Å². The average molecular weight is 312 g/mol. The first-order chi connectivity index (χ1) is 10.5. The molecular formula is C17H16N2O2S. The van der Waals surface area contributed by atoms with E-state index in [0.29, 0.717) is 16.2 Å². The fourth-order valence-corrected chi connectivity index (χ4v) is 3.25. The van der Waals surface area contributed by atoms with Gasteiger partial charge in [0.05, 0.1) is 5.56 Å². The number of nitriles is 1. The summed E-state index contributed by atoms with van der Waals surface area (Å²) >= 11 is 1.10. The average Bonchev–Trinajstić information content (AvgIpc) is 2.51. The van der Waals surface area contributed by atoms with E-state index in [9.17, 15) is 15.2 Å². The zero-order valence-corrected chi connectivity index (χ0v) is 13.4. The Morgan fingerprint density at radius 1 is 1.23 bits per heavy atom. The minimum Gasteiger partial charge on any atom is -0.480 e. The Balaban J connectivity index is 2.49. The molecule has 0 aliphatic heterocycles. The molecule has 5 heteroatoms. The molecule has 0 saturated heterocycles. The lowest BCUT2D eigenvalue weighted by atomic mass is 10.1. The van der Waals surface area contributed by atoms with E-state index in [1.165, 1.54) is 0 Å². The SMILES string of the molecule is Cc1nc(SC(C(=O)O)c2ccccc2)c(C#N)c(C)c1C. The summed E-state index contributed by atoms with van der Waals surface area (Å²) in [4.78, 5) is 16.0. The van der Waals surface area contributed by atoms with Gasteiger partial charge in [-0.25, -0.2) is 4.98 Å². The normalized spacial score (nSPS) is 11.7. The largest absolute Gasteiger partial charge is 0.480 e. The van der Waals surface area contributed by atoms with Crippen LogP contribution in [0.15, 0.2) is 35.4 Å². The maximum atomic E-state index is 11.6. The van der Waals surface area contributed by atoms with E-state index in [2.05, 4.69) is 11.1 Å². The van der Waals surface area contributed by atoms with Crippen molar-refractivity contribution < 1.29 is 9.90 Å². The molecule has 1 aromatic heterocycles. The summed E-state index contributed by atoms with van der Waals surface area (Å²) in [5.41, 5.74) is 3.77. The van der Waals surface area contributed by atoms with Crippen LogP contribution >= 0.6 is 11.8 Å². The van der Waals surface area contributed by atoms with Crippen molar-refractivity contribution in [3.8, 4) is 6.07 Å². The van der Waals surface area contributed by atoms with E-state index in [-0.39, 0.29) is 0 Å². The molecule has 1 aromatic carbocycles. The smallest absolute Gasteiger partial charge is 0.321 e. The van der Waals surface area contributed by atoms with Gasteiger partial charge in [-0.1, -0.05) is 42.1 Å². The molecule has 1 atom stereocenters. The third kappa shape index (κ3) is 3.12. The fraction of sp³-hybridized carbons (Fsp3) is 0.235. The molecule has 0 bridgehead atoms. The second-order valence-corrected chi connectivity index (χ2v) is 6.08. The van der Waals surface area contributed by atoms with Crippen LogP contribution in [-0.4, -0.2) is 16.1 Å². The number of hydrogen-bond donors (Lipinski definition) is 1. The van der Waals surface area contributed by atoms with Crippen molar-refractivity contribution in [2.75, 3.05) is 0 Å². The van der Waals surface area contributed by atoms with Gasteiger partial charge < -0.3 is 5.11 Å². The lowest BCUT2D eigenvalue weighted by Crippen LogP contribution is -2.09. The summed E-state index contributed by atoms with van der Waals surface area (Å²) in [7, 11) is 0. The summed E-state index contributed by atoms with van der Waals surface area (Å²) in [6.07, 6.45) is 0. The van der Waals surface area contributed by atoms with Crippen molar-refractivity contribution in [3.05, 3.63) is 58.3 Å². The monoisotopic (exact) mass is 312 g/mol. The molecule has 2 rings (SSSR count). The predicted octanol–water partition coefficient (Wildman–Crippen LogP) is 3.80. The molecule has 0 aliphatic carbocycles. The molecule has 112 valence electrons. The number of hydrogen-bond acceptors (Lipinski definition) is 4. The zero-order chi connectivity index (χ0) is 16.3. The molecule has 0 spiro atoms. The van der Waals surface area contributed by atoms with Crippen molar-refractivity contribution in [1.29, 1.82) is 5.26 Å². The number of benzene rings is 1. The molecule has 4 nitrogen and oxygen atoms in total. The van der Waals surface area contributed by atoms with Gasteiger partial charge in [-0.2, -0.15) is 5.26 Å². The molecule has 0 aliphatic rings. The lowest BCUT2D eigenvalue weighted by molar-refractivity contribution is -0.136. The fourth-order valence-electron chi connectivity index (χ4n) is 2.13. The summed E-state index contributed by atoms with van der Waals surface area (Å²) in [6, 6.07) is 11.1. The highest BCUT2D eigenvalue weighted by Gasteiger charge is 2.24. The summed E-state index contributed by atoms with van der Waals surface area (Å²) in [6.45, 7) is 5.65. The second kappa shape index (κ2) is 6.63. The molecule has 1 unspecified atom stereocenters. The van der Waals surface area contributed by atoms with Gasteiger partial charge in [-0.3, -0.25) is 4.79 Å². The third-order valence-electron chi connectivity index (χ3n) is 3.63. The third-order valence-corrected chi connectivity index (χ3v) is 4.86. The number of aromatic nitrogens is 1. The molecule has 1 heterocycles. The van der Waals surface area contributed by atoms with Crippen LogP contribution in [0.3, 0.4) is 0 Å². The highest BCUT2D eigenvalue weighted by atomic mass is 32.2. The summed E-state index contributed by atoms with van der Waals surface area (Å²) in [5.74, 6) is -0.947. The Morgan fingerprint density at radius 3 is 2.41 bits per heavy atom. The Kier molecular flexibility index (Phi) is 4.84. The number of aliphatic carboxylic acids is 1. The van der Waals surface area contributed by atoms with E-state index in [4.69, 9.17) is 0 Å². The van der Waals surface area contributed by atoms with Crippen LogP contribution in [0.4, 0.5) is 0 Å². The van der Waals surface area contributed by atoms with Crippen LogP contribution in [0.5, 0.6) is 0 Å². The van der Waals surface area contributed by atoms with Gasteiger partial charge in [0.15, 0.2) is 0 Å². The van der Waals surface area contributed by atoms with Gasteiger partial charge in [-0.05, 0) is 37.5 Å². The first-order valence-electron chi connectivity index (χ1n) is 6.78. The van der Waals surface area contributed by atoms with Crippen LogP contribution < -0.4 is 0 Å². The van der Waals surface area contributed by atoms with Crippen LogP contribution in [0.2, 0.25) is 0 Å². The van der Waals surface area contributed by atoms with Crippen molar-refractivity contribution in [2.45, 2.75) is 31.0 Å². The standard InChI is InChI=1S/C17H16N2O2S/c1-10-11(2)14(9-18)16(19-12(10)3)22-15(17(20)21)13-7-5-4-6-8-13/h4-8,15H,1-3H3,(H,20,21). The number of thioether (sulfide) groups is 1. The highest BCUT2D eigenvalue weighted by molar-refractivity contribution is 8.00. The van der Waals surface area contributed by atoms with Crippen LogP contribution in [-0.2, 0) is 4.79 Å². The topological polar surface area (TPSA) is 74.0 Å². The van der Waals surface area contributed by atoms with Crippen LogP contribution in [0.25, 0.3) is 0 Å². The number of pyridine rings is 1. The minimum absolute atomic E-state index is 0.454. The number of carboxylic acids is 1. The van der Waals surface area contributed by atoms with Gasteiger partial charge in [0.2, 0.25) is 0 Å². The first-order valence-corrected chi connectivity index (χ1v) is 7.66. The van der Waals surface area contributed by atoms with Gasteiger partial charge in [0.25, 0.3) is 0 Å². The summed E-state index contributed by atoms with van der Waals surface area (Å²) in [5, 5.41) is 18.6. The number of aryl methyl sites for hydroxylation is 1. The van der Waals surface area contributed by atoms with Crippen LogP contribution in [0, 0.1) is 32.1 Å². The minimum atomic E-state index is -0.947. The quantitative estimate of drug-likeness (QED) is 0.869. The molecule has 0 saturated carbocycles. The van der Waals surface area contributed by atoms with E-state index < -0.39 is 11.2 Å². The molecule has 0 fully saturated rings. The molecule has 1 N–H and O–H groups in total. The van der Waals surface area contributed by atoms with Gasteiger partial charge in [0, 0.05) is 5.69 Å². The summed E-state index contributed by atoms with van der Waals surface area (Å²) < 4.78 is 0. The Bertz CT molecular complexity index is 751. The van der Waals surface area contributed by atoms with Crippen molar-refractivity contribution >= 4 is 17.7 Å². The Hall–Kier alpha value is -2.32. The van der Waals surface area contributed by atoms with Gasteiger partial charge >= 0.3 is 5.97 Å². The Morgan fingerprint density at radius 2 is 1.86 bits per heavy atom.